The van der Waals surface area contributed by atoms with Gasteiger partial charge in [-0.05, 0) is 74.4 Å². The number of aliphatic hydroxyl groups excluding tert-OH is 2. The van der Waals surface area contributed by atoms with Gasteiger partial charge in [-0.25, -0.2) is 0 Å². The molecule has 2 aromatic rings. The molecule has 2 amide bonds. The maximum absolute atomic E-state index is 13.6. The summed E-state index contributed by atoms with van der Waals surface area (Å²) in [6.07, 6.45) is 8.84. The number of aromatic hydroxyl groups is 1. The number of pyridine rings is 1. The van der Waals surface area contributed by atoms with Gasteiger partial charge in [0, 0.05) is 23.7 Å². The van der Waals surface area contributed by atoms with Crippen LogP contribution in [-0.4, -0.2) is 55.8 Å². The van der Waals surface area contributed by atoms with Crippen molar-refractivity contribution in [1.29, 1.82) is 0 Å². The van der Waals surface area contributed by atoms with E-state index in [1.165, 1.54) is 4.90 Å². The molecule has 0 spiro atoms. The molecular weight excluding hydrogens is 492 g/mol. The third-order valence-electron chi connectivity index (χ3n) is 8.81. The molecule has 2 heterocycles. The molecule has 1 aromatic heterocycles. The second-order valence-corrected chi connectivity index (χ2v) is 11.2. The zero-order valence-electron chi connectivity index (χ0n) is 22.5. The van der Waals surface area contributed by atoms with Gasteiger partial charge in [0.15, 0.2) is 0 Å². The summed E-state index contributed by atoms with van der Waals surface area (Å²) in [7, 11) is 0. The Bertz CT molecular complexity index is 1260. The standard InChI is InChI=1S/C32H38N2O5/c1-20-17-24-30(32(39)34(31(24)38)23-10-3-2-4-11-23)25(19-35)29(20)28(37)15-14-21(26-12-7-8-16-33-26)18-22-9-5-6-13-27(22)36/h5-9,12-13,16,18,23-25,28,30,35-37H,2-4,10-11,14-15,17,19H2,1H3/b21-18-/t24-,25+,28-,30-/m1/s1. The van der Waals surface area contributed by atoms with Crippen molar-refractivity contribution < 1.29 is 24.9 Å². The van der Waals surface area contributed by atoms with Gasteiger partial charge in [-0.15, -0.1) is 0 Å². The van der Waals surface area contributed by atoms with Gasteiger partial charge in [0.1, 0.15) is 5.75 Å². The van der Waals surface area contributed by atoms with Gasteiger partial charge in [-0.3, -0.25) is 19.5 Å². The van der Waals surface area contributed by atoms with Crippen molar-refractivity contribution in [3.63, 3.8) is 0 Å². The summed E-state index contributed by atoms with van der Waals surface area (Å²) >= 11 is 0. The fraction of sp³-hybridized carbons (Fsp3) is 0.469. The topological polar surface area (TPSA) is 111 Å². The van der Waals surface area contributed by atoms with E-state index in [4.69, 9.17) is 0 Å². The van der Waals surface area contributed by atoms with E-state index in [1.54, 1.807) is 18.3 Å². The number of rotatable bonds is 8. The SMILES string of the molecule is CC1=C([C@H](O)CC/C(=C/c2ccccc2O)c2ccccn2)[C@H](CO)[C@@H]2C(=O)N(C3CCCCC3)C(=O)[C@@H]2C1. The van der Waals surface area contributed by atoms with Gasteiger partial charge in [0.2, 0.25) is 11.8 Å². The molecule has 2 fully saturated rings. The fourth-order valence-corrected chi connectivity index (χ4v) is 6.91. The molecule has 0 unspecified atom stereocenters. The Morgan fingerprint density at radius 3 is 2.51 bits per heavy atom. The summed E-state index contributed by atoms with van der Waals surface area (Å²) in [6, 6.07) is 12.7. The first-order chi connectivity index (χ1) is 18.9. The molecule has 1 saturated heterocycles. The lowest BCUT2D eigenvalue weighted by atomic mass is 9.68. The molecule has 7 nitrogen and oxygen atoms in total. The van der Waals surface area contributed by atoms with Crippen molar-refractivity contribution in [2.45, 2.75) is 70.4 Å². The number of allylic oxidation sites excluding steroid dienone is 2. The number of imide groups is 1. The van der Waals surface area contributed by atoms with Crippen LogP contribution in [0.4, 0.5) is 0 Å². The summed E-state index contributed by atoms with van der Waals surface area (Å²) in [5.74, 6) is -1.78. The highest BCUT2D eigenvalue weighted by Gasteiger charge is 2.55. The number of para-hydroxylation sites is 1. The van der Waals surface area contributed by atoms with E-state index in [0.717, 1.165) is 48.9 Å². The van der Waals surface area contributed by atoms with Crippen molar-refractivity contribution >= 4 is 23.5 Å². The molecule has 1 aliphatic heterocycles. The van der Waals surface area contributed by atoms with Crippen LogP contribution in [0.3, 0.4) is 0 Å². The summed E-state index contributed by atoms with van der Waals surface area (Å²) in [4.78, 5) is 33.0. The molecule has 3 aliphatic rings. The number of likely N-dealkylation sites (tertiary alicyclic amines) is 1. The maximum Gasteiger partial charge on any atom is 0.234 e. The highest BCUT2D eigenvalue weighted by molar-refractivity contribution is 6.06. The second-order valence-electron chi connectivity index (χ2n) is 11.2. The minimum atomic E-state index is -0.883. The number of hydrogen-bond acceptors (Lipinski definition) is 6. The van der Waals surface area contributed by atoms with Gasteiger partial charge in [-0.2, -0.15) is 0 Å². The number of aliphatic hydroxyl groups is 2. The first-order valence-electron chi connectivity index (χ1n) is 14.2. The molecule has 1 saturated carbocycles. The van der Waals surface area contributed by atoms with Crippen LogP contribution >= 0.6 is 0 Å². The summed E-state index contributed by atoms with van der Waals surface area (Å²) in [6.45, 7) is 1.62. The van der Waals surface area contributed by atoms with Crippen LogP contribution in [0.25, 0.3) is 11.6 Å². The lowest BCUT2D eigenvalue weighted by Gasteiger charge is -2.35. The van der Waals surface area contributed by atoms with E-state index >= 15 is 0 Å². The molecule has 1 aromatic carbocycles. The lowest BCUT2D eigenvalue weighted by molar-refractivity contribution is -0.143. The Labute approximate surface area is 229 Å². The monoisotopic (exact) mass is 530 g/mol. The number of phenols is 1. The molecule has 2 aliphatic carbocycles. The first-order valence-corrected chi connectivity index (χ1v) is 14.2. The zero-order valence-corrected chi connectivity index (χ0v) is 22.5. The molecule has 7 heteroatoms. The number of carbonyl (C=O) groups excluding carboxylic acids is 2. The van der Waals surface area contributed by atoms with Crippen LogP contribution in [0.5, 0.6) is 5.75 Å². The molecular formula is C32H38N2O5. The highest BCUT2D eigenvalue weighted by Crippen LogP contribution is 2.47. The Morgan fingerprint density at radius 2 is 1.82 bits per heavy atom. The van der Waals surface area contributed by atoms with Crippen LogP contribution in [0.15, 0.2) is 59.8 Å². The molecule has 0 radical (unpaired) electrons. The van der Waals surface area contributed by atoms with E-state index < -0.39 is 23.9 Å². The second kappa shape index (κ2) is 11.8. The minimum absolute atomic E-state index is 0.0437. The summed E-state index contributed by atoms with van der Waals surface area (Å²) < 4.78 is 0. The Balaban J connectivity index is 1.38. The molecule has 39 heavy (non-hydrogen) atoms. The largest absolute Gasteiger partial charge is 0.507 e. The van der Waals surface area contributed by atoms with E-state index in [2.05, 4.69) is 4.98 Å². The first kappa shape index (κ1) is 27.3. The van der Waals surface area contributed by atoms with Crippen LogP contribution in [-0.2, 0) is 9.59 Å². The van der Waals surface area contributed by atoms with Gasteiger partial charge in [-0.1, -0.05) is 49.1 Å². The van der Waals surface area contributed by atoms with Crippen LogP contribution in [0.2, 0.25) is 0 Å². The van der Waals surface area contributed by atoms with E-state index in [9.17, 15) is 24.9 Å². The Morgan fingerprint density at radius 1 is 1.08 bits per heavy atom. The van der Waals surface area contributed by atoms with E-state index in [0.29, 0.717) is 30.4 Å². The van der Waals surface area contributed by atoms with Crippen molar-refractivity contribution in [2.75, 3.05) is 6.61 Å². The molecule has 3 N–H and O–H groups in total. The van der Waals surface area contributed by atoms with Crippen molar-refractivity contribution in [2.24, 2.45) is 17.8 Å². The molecule has 206 valence electrons. The third kappa shape index (κ3) is 5.43. The van der Waals surface area contributed by atoms with Crippen molar-refractivity contribution in [3.8, 4) is 5.75 Å². The van der Waals surface area contributed by atoms with Crippen LogP contribution in [0, 0.1) is 17.8 Å². The number of benzene rings is 1. The molecule has 0 bridgehead atoms. The van der Waals surface area contributed by atoms with Crippen LogP contribution in [0.1, 0.15) is 69.5 Å². The predicted molar refractivity (Wildman–Crippen MR) is 149 cm³/mol. The van der Waals surface area contributed by atoms with E-state index in [1.807, 2.05) is 43.3 Å². The fourth-order valence-electron chi connectivity index (χ4n) is 6.91. The van der Waals surface area contributed by atoms with Gasteiger partial charge in [0.25, 0.3) is 0 Å². The quantitative estimate of drug-likeness (QED) is 0.336. The van der Waals surface area contributed by atoms with Crippen LogP contribution < -0.4 is 0 Å². The van der Waals surface area contributed by atoms with Crippen molar-refractivity contribution in [1.82, 2.24) is 9.88 Å². The number of phenolic OH excluding ortho intramolecular Hbond substituents is 1. The minimum Gasteiger partial charge on any atom is -0.507 e. The summed E-state index contributed by atoms with van der Waals surface area (Å²) in [5.41, 5.74) is 3.85. The smallest absolute Gasteiger partial charge is 0.234 e. The average molecular weight is 531 g/mol. The number of amides is 2. The summed E-state index contributed by atoms with van der Waals surface area (Å²) in [5, 5.41) is 32.3. The lowest BCUT2D eigenvalue weighted by Crippen LogP contribution is -2.42. The molecule has 4 atom stereocenters. The normalized spacial score (nSPS) is 25.3. The van der Waals surface area contributed by atoms with Crippen molar-refractivity contribution in [3.05, 3.63) is 71.1 Å². The zero-order chi connectivity index (χ0) is 27.5. The van der Waals surface area contributed by atoms with E-state index in [-0.39, 0.29) is 30.2 Å². The van der Waals surface area contributed by atoms with Gasteiger partial charge >= 0.3 is 0 Å². The average Bonchev–Trinajstić information content (AvgIpc) is 3.20. The number of nitrogens with zero attached hydrogens (tertiary/aromatic N) is 2. The number of carbonyl (C=O) groups is 2. The Hall–Kier alpha value is -3.29. The maximum atomic E-state index is 13.6. The number of fused-ring (bicyclic) bond motifs is 1. The number of aromatic nitrogens is 1. The third-order valence-corrected chi connectivity index (χ3v) is 8.81. The van der Waals surface area contributed by atoms with Gasteiger partial charge < -0.3 is 15.3 Å². The predicted octanol–water partition coefficient (Wildman–Crippen LogP) is 4.73. The van der Waals surface area contributed by atoms with Gasteiger partial charge in [0.05, 0.1) is 30.2 Å². The Kier molecular flexibility index (Phi) is 8.29. The molecule has 5 rings (SSSR count). The number of hydrogen-bond donors (Lipinski definition) is 3. The highest BCUT2D eigenvalue weighted by atomic mass is 16.3.